The van der Waals surface area contributed by atoms with Crippen molar-refractivity contribution in [3.8, 4) is 5.75 Å². The largest absolute Gasteiger partial charge is 0.497 e. The number of piperidine rings is 1. The third kappa shape index (κ3) is 5.51. The molecule has 0 aliphatic carbocycles. The fraction of sp³-hybridized carbons (Fsp3) is 0.318. The Balaban J connectivity index is 1.91. The number of rotatable bonds is 6. The summed E-state index contributed by atoms with van der Waals surface area (Å²) in [5.41, 5.74) is 0.0291. The van der Waals surface area contributed by atoms with Crippen molar-refractivity contribution < 1.29 is 33.0 Å². The fourth-order valence-electron chi connectivity index (χ4n) is 3.75. The lowest BCUT2D eigenvalue weighted by molar-refractivity contribution is -0.151. The van der Waals surface area contributed by atoms with Crippen LogP contribution in [0, 0.1) is 11.6 Å². The van der Waals surface area contributed by atoms with Gasteiger partial charge in [0.15, 0.2) is 0 Å². The highest BCUT2D eigenvalue weighted by Crippen LogP contribution is 2.35. The van der Waals surface area contributed by atoms with Crippen LogP contribution < -0.4 is 15.4 Å². The van der Waals surface area contributed by atoms with Crippen LogP contribution in [-0.2, 0) is 9.59 Å². The quantitative estimate of drug-likeness (QED) is 0.584. The minimum absolute atomic E-state index is 0.0398. The van der Waals surface area contributed by atoms with Gasteiger partial charge in [0.1, 0.15) is 23.4 Å². The van der Waals surface area contributed by atoms with E-state index in [0.29, 0.717) is 10.7 Å². The van der Waals surface area contributed by atoms with Crippen molar-refractivity contribution in [3.05, 3.63) is 58.6 Å². The van der Waals surface area contributed by atoms with Crippen LogP contribution in [-0.4, -0.2) is 53.7 Å². The standard InChI is InChI=1S/C22H22ClF2N3O5/c1-11(21(30)31)28-10-18(27-22(32)26-13-5-3-12(23)4-6-13)15(9-19(28)29)20-16(24)7-14(33-2)8-17(20)25/h3-8,11,15,18H,9-10H2,1-2H3,(H,30,31)(H2,26,27,32). The van der Waals surface area contributed by atoms with Crippen molar-refractivity contribution in [2.45, 2.75) is 31.3 Å². The summed E-state index contributed by atoms with van der Waals surface area (Å²) in [5.74, 6) is -4.82. The molecule has 1 fully saturated rings. The molecule has 3 atom stereocenters. The van der Waals surface area contributed by atoms with Crippen LogP contribution in [0.4, 0.5) is 19.3 Å². The van der Waals surface area contributed by atoms with E-state index < -0.39 is 54.0 Å². The van der Waals surface area contributed by atoms with Gasteiger partial charge < -0.3 is 25.4 Å². The monoisotopic (exact) mass is 481 g/mol. The third-order valence-electron chi connectivity index (χ3n) is 5.50. The smallest absolute Gasteiger partial charge is 0.326 e. The molecule has 176 valence electrons. The zero-order chi connectivity index (χ0) is 24.3. The number of carboxylic acid groups (broad SMARTS) is 1. The first-order valence-electron chi connectivity index (χ1n) is 9.99. The van der Waals surface area contributed by atoms with E-state index in [1.54, 1.807) is 24.3 Å². The number of methoxy groups -OCH3 is 1. The zero-order valence-electron chi connectivity index (χ0n) is 17.8. The fourth-order valence-corrected chi connectivity index (χ4v) is 3.87. The molecule has 1 aliphatic rings. The molecule has 0 radical (unpaired) electrons. The van der Waals surface area contributed by atoms with Gasteiger partial charge in [-0.2, -0.15) is 0 Å². The van der Waals surface area contributed by atoms with Crippen LogP contribution >= 0.6 is 11.6 Å². The number of carboxylic acids is 1. The molecule has 1 saturated heterocycles. The van der Waals surface area contributed by atoms with Gasteiger partial charge in [0.2, 0.25) is 5.91 Å². The number of urea groups is 1. The van der Waals surface area contributed by atoms with E-state index in [2.05, 4.69) is 10.6 Å². The zero-order valence-corrected chi connectivity index (χ0v) is 18.5. The molecule has 3 amide bonds. The highest BCUT2D eigenvalue weighted by molar-refractivity contribution is 6.30. The van der Waals surface area contributed by atoms with Crippen molar-refractivity contribution >= 4 is 35.2 Å². The van der Waals surface area contributed by atoms with Crippen molar-refractivity contribution in [1.29, 1.82) is 0 Å². The Hall–Kier alpha value is -3.40. The Bertz CT molecular complexity index is 1040. The lowest BCUT2D eigenvalue weighted by Gasteiger charge is -2.40. The number of ether oxygens (including phenoxy) is 1. The molecule has 0 spiro atoms. The molecule has 8 nitrogen and oxygen atoms in total. The second-order valence-corrected chi connectivity index (χ2v) is 8.02. The predicted molar refractivity (Wildman–Crippen MR) is 116 cm³/mol. The number of hydrogen-bond donors (Lipinski definition) is 3. The molecule has 0 aromatic heterocycles. The number of anilines is 1. The van der Waals surface area contributed by atoms with Crippen LogP contribution in [0.25, 0.3) is 0 Å². The maximum Gasteiger partial charge on any atom is 0.326 e. The predicted octanol–water partition coefficient (Wildman–Crippen LogP) is 3.61. The SMILES string of the molecule is COc1cc(F)c(C2CC(=O)N(C(C)C(=O)O)CC2NC(=O)Nc2ccc(Cl)cc2)c(F)c1. The molecule has 33 heavy (non-hydrogen) atoms. The summed E-state index contributed by atoms with van der Waals surface area (Å²) in [6.45, 7) is 1.07. The van der Waals surface area contributed by atoms with Crippen molar-refractivity contribution in [3.63, 3.8) is 0 Å². The molecule has 2 aromatic rings. The molecule has 2 aromatic carbocycles. The summed E-state index contributed by atoms with van der Waals surface area (Å²) >= 11 is 5.83. The minimum atomic E-state index is -1.24. The van der Waals surface area contributed by atoms with Crippen LogP contribution in [0.5, 0.6) is 5.75 Å². The highest BCUT2D eigenvalue weighted by atomic mass is 35.5. The molecule has 3 rings (SSSR count). The first-order valence-corrected chi connectivity index (χ1v) is 10.4. The Morgan fingerprint density at radius 1 is 1.21 bits per heavy atom. The van der Waals surface area contributed by atoms with Crippen molar-refractivity contribution in [1.82, 2.24) is 10.2 Å². The van der Waals surface area contributed by atoms with Gasteiger partial charge in [-0.1, -0.05) is 11.6 Å². The molecular formula is C22H22ClF2N3O5. The van der Waals surface area contributed by atoms with Gasteiger partial charge >= 0.3 is 12.0 Å². The molecular weight excluding hydrogens is 460 g/mol. The van der Waals surface area contributed by atoms with Crippen LogP contribution in [0.15, 0.2) is 36.4 Å². The van der Waals surface area contributed by atoms with E-state index in [9.17, 15) is 28.3 Å². The van der Waals surface area contributed by atoms with E-state index >= 15 is 0 Å². The highest BCUT2D eigenvalue weighted by Gasteiger charge is 2.41. The van der Waals surface area contributed by atoms with Gasteiger partial charge in [0.25, 0.3) is 0 Å². The second-order valence-electron chi connectivity index (χ2n) is 7.59. The molecule has 1 aliphatic heterocycles. The van der Waals surface area contributed by atoms with Crippen molar-refractivity contribution in [2.24, 2.45) is 0 Å². The van der Waals surface area contributed by atoms with Crippen LogP contribution in [0.2, 0.25) is 5.02 Å². The summed E-state index contributed by atoms with van der Waals surface area (Å²) < 4.78 is 34.5. The van der Waals surface area contributed by atoms with E-state index in [1.807, 2.05) is 0 Å². The number of carbonyl (C=O) groups is 3. The Kier molecular flexibility index (Phi) is 7.37. The number of carbonyl (C=O) groups excluding carboxylic acids is 2. The molecule has 3 N–H and O–H groups in total. The summed E-state index contributed by atoms with van der Waals surface area (Å²) in [5, 5.41) is 15.0. The van der Waals surface area contributed by atoms with Gasteiger partial charge in [-0.15, -0.1) is 0 Å². The van der Waals surface area contributed by atoms with Gasteiger partial charge in [0.05, 0.1) is 13.2 Å². The Labute approximate surface area is 193 Å². The number of halogens is 3. The number of aliphatic carboxylic acids is 1. The van der Waals surface area contributed by atoms with Crippen molar-refractivity contribution in [2.75, 3.05) is 19.0 Å². The molecule has 0 saturated carbocycles. The topological polar surface area (TPSA) is 108 Å². The number of benzene rings is 2. The maximum atomic E-state index is 14.8. The minimum Gasteiger partial charge on any atom is -0.497 e. The summed E-state index contributed by atoms with van der Waals surface area (Å²) in [4.78, 5) is 37.8. The number of nitrogens with zero attached hydrogens (tertiary/aromatic N) is 1. The normalized spacial score (nSPS) is 19.1. The average Bonchev–Trinajstić information content (AvgIpc) is 2.75. The van der Waals surface area contributed by atoms with E-state index in [-0.39, 0.29) is 17.9 Å². The summed E-state index contributed by atoms with van der Waals surface area (Å²) in [6, 6.07) is 5.37. The maximum absolute atomic E-state index is 14.8. The lowest BCUT2D eigenvalue weighted by Crippen LogP contribution is -2.58. The van der Waals surface area contributed by atoms with E-state index in [4.69, 9.17) is 16.3 Å². The first kappa shape index (κ1) is 24.2. The van der Waals surface area contributed by atoms with E-state index in [1.165, 1.54) is 14.0 Å². The molecule has 11 heteroatoms. The van der Waals surface area contributed by atoms with Crippen LogP contribution in [0.1, 0.15) is 24.8 Å². The first-order chi connectivity index (χ1) is 15.6. The number of likely N-dealkylation sites (tertiary alicyclic amines) is 1. The lowest BCUT2D eigenvalue weighted by atomic mass is 9.83. The molecule has 0 bridgehead atoms. The Morgan fingerprint density at radius 2 is 1.82 bits per heavy atom. The van der Waals surface area contributed by atoms with Gasteiger partial charge in [-0.05, 0) is 31.2 Å². The van der Waals surface area contributed by atoms with Gasteiger partial charge in [0, 0.05) is 47.3 Å². The van der Waals surface area contributed by atoms with E-state index in [0.717, 1.165) is 17.0 Å². The molecule has 1 heterocycles. The number of hydrogen-bond acceptors (Lipinski definition) is 4. The number of nitrogens with one attached hydrogen (secondary N) is 2. The number of amides is 3. The van der Waals surface area contributed by atoms with Gasteiger partial charge in [-0.3, -0.25) is 4.79 Å². The summed E-state index contributed by atoms with van der Waals surface area (Å²) in [6.07, 6.45) is -0.399. The second kappa shape index (κ2) is 10.0. The van der Waals surface area contributed by atoms with Crippen LogP contribution in [0.3, 0.4) is 0 Å². The Morgan fingerprint density at radius 3 is 2.36 bits per heavy atom. The molecule has 3 unspecified atom stereocenters. The van der Waals surface area contributed by atoms with Gasteiger partial charge in [-0.25, -0.2) is 18.4 Å². The summed E-state index contributed by atoms with van der Waals surface area (Å²) in [7, 11) is 1.26. The third-order valence-corrected chi connectivity index (χ3v) is 5.75. The average molecular weight is 482 g/mol.